The number of carbonyl (C=O) groups is 1. The fourth-order valence-corrected chi connectivity index (χ4v) is 2.14. The molecule has 0 amide bonds. The van der Waals surface area contributed by atoms with Crippen molar-refractivity contribution in [2.24, 2.45) is 0 Å². The van der Waals surface area contributed by atoms with Crippen LogP contribution in [0.1, 0.15) is 10.4 Å². The standard InChI is InChI=1S/C8H5NO2S2/c10-7(11)4-1-2-6-5(3-4)9-8(12)13-6/h1-3H,(H,9,12)(H,10,11). The highest BCUT2D eigenvalue weighted by atomic mass is 32.2. The lowest BCUT2D eigenvalue weighted by molar-refractivity contribution is 0.0697. The van der Waals surface area contributed by atoms with Crippen LogP contribution >= 0.6 is 24.0 Å². The predicted molar refractivity (Wildman–Crippen MR) is 53.8 cm³/mol. The van der Waals surface area contributed by atoms with Gasteiger partial charge in [-0.1, -0.05) is 0 Å². The van der Waals surface area contributed by atoms with E-state index in [9.17, 15) is 4.79 Å². The first-order chi connectivity index (χ1) is 6.16. The summed E-state index contributed by atoms with van der Waals surface area (Å²) >= 11 is 5.52. The van der Waals surface area contributed by atoms with Crippen LogP contribution in [-0.2, 0) is 0 Å². The second-order valence-electron chi connectivity index (χ2n) is 2.48. The summed E-state index contributed by atoms with van der Waals surface area (Å²) < 4.78 is 1.60. The van der Waals surface area contributed by atoms with E-state index in [-0.39, 0.29) is 5.56 Å². The van der Waals surface area contributed by atoms with Gasteiger partial charge in [-0.15, -0.1) is 24.0 Å². The van der Waals surface area contributed by atoms with Crippen molar-refractivity contribution in [2.45, 2.75) is 4.34 Å². The number of benzene rings is 1. The molecule has 0 saturated carbocycles. The highest BCUT2D eigenvalue weighted by Gasteiger charge is 2.06. The first-order valence-electron chi connectivity index (χ1n) is 3.49. The van der Waals surface area contributed by atoms with Crippen molar-refractivity contribution in [3.05, 3.63) is 23.8 Å². The van der Waals surface area contributed by atoms with E-state index in [0.29, 0.717) is 9.86 Å². The third-order valence-corrected chi connectivity index (χ3v) is 2.84. The minimum Gasteiger partial charge on any atom is -0.478 e. The third kappa shape index (κ3) is 1.52. The van der Waals surface area contributed by atoms with Crippen molar-refractivity contribution in [1.82, 2.24) is 4.98 Å². The third-order valence-electron chi connectivity index (χ3n) is 1.62. The van der Waals surface area contributed by atoms with Crippen molar-refractivity contribution >= 4 is 40.2 Å². The van der Waals surface area contributed by atoms with Crippen molar-refractivity contribution < 1.29 is 9.90 Å². The fraction of sp³-hybridized carbons (Fsp3) is 0. The monoisotopic (exact) mass is 211 g/mol. The van der Waals surface area contributed by atoms with Gasteiger partial charge in [-0.3, -0.25) is 0 Å². The molecule has 3 nitrogen and oxygen atoms in total. The van der Waals surface area contributed by atoms with Crippen molar-refractivity contribution in [2.75, 3.05) is 0 Å². The molecule has 0 radical (unpaired) electrons. The number of carboxylic acids is 1. The zero-order valence-electron chi connectivity index (χ0n) is 6.39. The molecule has 2 aromatic rings. The Labute approximate surface area is 83.4 Å². The molecule has 0 saturated heterocycles. The number of nitrogens with zero attached hydrogens (tertiary/aromatic N) is 1. The van der Waals surface area contributed by atoms with Crippen LogP contribution < -0.4 is 0 Å². The number of hydrogen-bond acceptors (Lipinski definition) is 4. The number of thiazole rings is 1. The molecule has 13 heavy (non-hydrogen) atoms. The number of aromatic carboxylic acids is 1. The van der Waals surface area contributed by atoms with Gasteiger partial charge >= 0.3 is 5.97 Å². The quantitative estimate of drug-likeness (QED) is 0.711. The summed E-state index contributed by atoms with van der Waals surface area (Å²) in [5, 5.41) is 8.71. The van der Waals surface area contributed by atoms with Gasteiger partial charge in [0.15, 0.2) is 0 Å². The normalized spacial score (nSPS) is 10.5. The molecule has 2 rings (SSSR count). The summed E-state index contributed by atoms with van der Waals surface area (Å²) in [4.78, 5) is 14.7. The minimum absolute atomic E-state index is 0.256. The van der Waals surface area contributed by atoms with E-state index in [4.69, 9.17) is 5.11 Å². The van der Waals surface area contributed by atoms with Crippen LogP contribution in [0, 0.1) is 0 Å². The Balaban J connectivity index is 2.67. The molecule has 66 valence electrons. The highest BCUT2D eigenvalue weighted by molar-refractivity contribution is 7.82. The molecule has 0 aliphatic heterocycles. The lowest BCUT2D eigenvalue weighted by Crippen LogP contribution is -1.94. The molecule has 0 aliphatic carbocycles. The molecule has 0 bridgehead atoms. The van der Waals surface area contributed by atoms with Gasteiger partial charge in [0.2, 0.25) is 0 Å². The number of aromatic nitrogens is 1. The Morgan fingerprint density at radius 1 is 1.54 bits per heavy atom. The highest BCUT2D eigenvalue weighted by Crippen LogP contribution is 2.24. The van der Waals surface area contributed by atoms with E-state index < -0.39 is 5.97 Å². The summed E-state index contributed by atoms with van der Waals surface area (Å²) in [6, 6.07) is 4.86. The van der Waals surface area contributed by atoms with E-state index in [1.807, 2.05) is 0 Å². The molecule has 0 aliphatic rings. The molecule has 1 aromatic heterocycles. The van der Waals surface area contributed by atoms with Gasteiger partial charge in [-0.05, 0) is 18.2 Å². The van der Waals surface area contributed by atoms with E-state index in [1.165, 1.54) is 11.3 Å². The Bertz CT molecular complexity index is 478. The van der Waals surface area contributed by atoms with E-state index in [1.54, 1.807) is 18.2 Å². The van der Waals surface area contributed by atoms with Gasteiger partial charge in [-0.2, -0.15) is 0 Å². The SMILES string of the molecule is O=C(O)c1ccc2sc(S)nc2c1. The van der Waals surface area contributed by atoms with Crippen molar-refractivity contribution in [1.29, 1.82) is 0 Å². The van der Waals surface area contributed by atoms with Crippen LogP contribution in [0.25, 0.3) is 10.2 Å². The zero-order chi connectivity index (χ0) is 9.42. The maximum absolute atomic E-state index is 10.6. The summed E-state index contributed by atoms with van der Waals surface area (Å²) in [5.74, 6) is -0.935. The van der Waals surface area contributed by atoms with Gasteiger partial charge in [-0.25, -0.2) is 9.78 Å². The molecular formula is C8H5NO2S2. The molecule has 0 spiro atoms. The summed E-state index contributed by atoms with van der Waals surface area (Å²) in [6.45, 7) is 0. The molecule has 1 aromatic carbocycles. The van der Waals surface area contributed by atoms with E-state index >= 15 is 0 Å². The molecular weight excluding hydrogens is 206 g/mol. The van der Waals surface area contributed by atoms with Crippen molar-refractivity contribution in [3.8, 4) is 0 Å². The first kappa shape index (κ1) is 8.52. The fourth-order valence-electron chi connectivity index (χ4n) is 1.05. The van der Waals surface area contributed by atoms with Crippen LogP contribution in [0.2, 0.25) is 0 Å². The Morgan fingerprint density at radius 2 is 2.31 bits per heavy atom. The van der Waals surface area contributed by atoms with Crippen LogP contribution in [-0.4, -0.2) is 16.1 Å². The van der Waals surface area contributed by atoms with Crippen molar-refractivity contribution in [3.63, 3.8) is 0 Å². The predicted octanol–water partition coefficient (Wildman–Crippen LogP) is 2.28. The average molecular weight is 211 g/mol. The zero-order valence-corrected chi connectivity index (χ0v) is 8.10. The van der Waals surface area contributed by atoms with Gasteiger partial charge in [0.05, 0.1) is 15.8 Å². The maximum Gasteiger partial charge on any atom is 0.335 e. The summed E-state index contributed by atoms with van der Waals surface area (Å²) in [5.41, 5.74) is 0.945. The number of hydrogen-bond donors (Lipinski definition) is 2. The smallest absolute Gasteiger partial charge is 0.335 e. The molecule has 0 fully saturated rings. The number of carboxylic acid groups (broad SMARTS) is 1. The molecule has 0 atom stereocenters. The Hall–Kier alpha value is -1.07. The first-order valence-corrected chi connectivity index (χ1v) is 4.76. The second-order valence-corrected chi connectivity index (χ2v) is 4.24. The lowest BCUT2D eigenvalue weighted by atomic mass is 10.2. The minimum atomic E-state index is -0.935. The maximum atomic E-state index is 10.6. The molecule has 1 N–H and O–H groups in total. The average Bonchev–Trinajstić information content (AvgIpc) is 2.42. The lowest BCUT2D eigenvalue weighted by Gasteiger charge is -1.91. The van der Waals surface area contributed by atoms with E-state index in [2.05, 4.69) is 17.6 Å². The van der Waals surface area contributed by atoms with Gasteiger partial charge < -0.3 is 5.11 Å². The van der Waals surface area contributed by atoms with Gasteiger partial charge in [0.25, 0.3) is 0 Å². The Kier molecular flexibility index (Phi) is 1.97. The van der Waals surface area contributed by atoms with Crippen LogP contribution in [0.4, 0.5) is 0 Å². The molecule has 1 heterocycles. The largest absolute Gasteiger partial charge is 0.478 e. The van der Waals surface area contributed by atoms with Crippen LogP contribution in [0.5, 0.6) is 0 Å². The Morgan fingerprint density at radius 3 is 3.00 bits per heavy atom. The number of fused-ring (bicyclic) bond motifs is 1. The van der Waals surface area contributed by atoms with Crippen LogP contribution in [0.15, 0.2) is 22.5 Å². The topological polar surface area (TPSA) is 50.2 Å². The van der Waals surface area contributed by atoms with E-state index in [0.717, 1.165) is 4.70 Å². The summed E-state index contributed by atoms with van der Waals surface area (Å²) in [7, 11) is 0. The second kappa shape index (κ2) is 3.01. The van der Waals surface area contributed by atoms with Gasteiger partial charge in [0.1, 0.15) is 4.34 Å². The van der Waals surface area contributed by atoms with Gasteiger partial charge in [0, 0.05) is 0 Å². The molecule has 0 unspecified atom stereocenters. The number of rotatable bonds is 1. The number of thiol groups is 1. The van der Waals surface area contributed by atoms with Crippen LogP contribution in [0.3, 0.4) is 0 Å². The molecule has 5 heteroatoms. The summed E-state index contributed by atoms with van der Waals surface area (Å²) in [6.07, 6.45) is 0.